The van der Waals surface area contributed by atoms with Crippen molar-refractivity contribution in [3.63, 3.8) is 0 Å². The fourth-order valence-corrected chi connectivity index (χ4v) is 4.19. The van der Waals surface area contributed by atoms with Crippen molar-refractivity contribution in [1.82, 2.24) is 14.5 Å². The van der Waals surface area contributed by atoms with Crippen molar-refractivity contribution in [2.75, 3.05) is 18.9 Å². The molecule has 8 heteroatoms. The summed E-state index contributed by atoms with van der Waals surface area (Å²) in [5, 5.41) is 3.75. The average Bonchev–Trinajstić information content (AvgIpc) is 2.74. The Balaban J connectivity index is 1.53. The number of aromatic nitrogens is 2. The molecule has 0 saturated heterocycles. The average molecular weight is 453 g/mol. The third-order valence-electron chi connectivity index (χ3n) is 5.65. The molecule has 166 valence electrons. The highest BCUT2D eigenvalue weighted by Gasteiger charge is 2.18. The molecule has 32 heavy (non-hydrogen) atoms. The van der Waals surface area contributed by atoms with Crippen molar-refractivity contribution < 1.29 is 9.59 Å². The Morgan fingerprint density at radius 1 is 1.12 bits per heavy atom. The highest BCUT2D eigenvalue weighted by molar-refractivity contribution is 6.30. The van der Waals surface area contributed by atoms with Crippen LogP contribution < -0.4 is 10.9 Å². The zero-order valence-corrected chi connectivity index (χ0v) is 18.7. The summed E-state index contributed by atoms with van der Waals surface area (Å²) in [6.07, 6.45) is 4.98. The number of amides is 2. The van der Waals surface area contributed by atoms with Crippen LogP contribution in [0.2, 0.25) is 5.02 Å². The van der Waals surface area contributed by atoms with Crippen LogP contribution in [0.4, 0.5) is 5.69 Å². The molecule has 1 N–H and O–H groups in total. The maximum absolute atomic E-state index is 13.0. The van der Waals surface area contributed by atoms with Crippen LogP contribution in [0.5, 0.6) is 0 Å². The number of benzene rings is 2. The van der Waals surface area contributed by atoms with Crippen LogP contribution in [0, 0.1) is 0 Å². The van der Waals surface area contributed by atoms with Gasteiger partial charge in [0.25, 0.3) is 11.5 Å². The first kappa shape index (κ1) is 22.0. The summed E-state index contributed by atoms with van der Waals surface area (Å²) in [7, 11) is 1.56. The number of halogens is 1. The normalized spacial score (nSPS) is 13.7. The second-order valence-corrected chi connectivity index (χ2v) is 8.54. The summed E-state index contributed by atoms with van der Waals surface area (Å²) in [6.45, 7) is 0.561. The van der Waals surface area contributed by atoms with Gasteiger partial charge in [-0.1, -0.05) is 30.5 Å². The molecule has 0 atom stereocenters. The van der Waals surface area contributed by atoms with Gasteiger partial charge in [-0.2, -0.15) is 0 Å². The monoisotopic (exact) mass is 452 g/mol. The lowest BCUT2D eigenvalue weighted by atomic mass is 10.1. The minimum atomic E-state index is -0.332. The van der Waals surface area contributed by atoms with Crippen molar-refractivity contribution in [2.45, 2.75) is 38.6 Å². The summed E-state index contributed by atoms with van der Waals surface area (Å²) in [5.41, 5.74) is 1.41. The fraction of sp³-hybridized carbons (Fsp3) is 0.333. The highest BCUT2D eigenvalue weighted by Crippen LogP contribution is 2.18. The first-order valence-electron chi connectivity index (χ1n) is 10.8. The Kier molecular flexibility index (Phi) is 6.55. The van der Waals surface area contributed by atoms with E-state index in [1.807, 2.05) is 0 Å². The third kappa shape index (κ3) is 4.83. The second kappa shape index (κ2) is 9.53. The molecule has 2 amide bonds. The molecule has 0 fully saturated rings. The molecule has 1 aromatic heterocycles. The van der Waals surface area contributed by atoms with Gasteiger partial charge in [0.2, 0.25) is 5.91 Å². The van der Waals surface area contributed by atoms with Gasteiger partial charge < -0.3 is 10.2 Å². The van der Waals surface area contributed by atoms with E-state index in [1.165, 1.54) is 4.90 Å². The molecule has 1 aliphatic rings. The standard InChI is InChI=1S/C24H25ClN4O3/c1-28(15-22(30)26-18-8-6-7-17(25)14-18)23(31)16-10-11-19-20(13-16)27-21-9-4-2-3-5-12-29(21)24(19)32/h6-8,10-11,13-14H,2-5,9,12,15H2,1H3,(H,26,30). The Bertz CT molecular complexity index is 1240. The number of anilines is 1. The van der Waals surface area contributed by atoms with Gasteiger partial charge in [0, 0.05) is 36.3 Å². The Labute approximate surface area is 191 Å². The zero-order valence-electron chi connectivity index (χ0n) is 17.9. The van der Waals surface area contributed by atoms with Gasteiger partial charge in [-0.3, -0.25) is 19.0 Å². The number of carbonyl (C=O) groups excluding carboxylic acids is 2. The first-order valence-corrected chi connectivity index (χ1v) is 11.1. The van der Waals surface area contributed by atoms with Gasteiger partial charge in [0.15, 0.2) is 0 Å². The van der Waals surface area contributed by atoms with E-state index in [4.69, 9.17) is 16.6 Å². The zero-order chi connectivity index (χ0) is 22.7. The largest absolute Gasteiger partial charge is 0.332 e. The van der Waals surface area contributed by atoms with Crippen LogP contribution in [0.3, 0.4) is 0 Å². The van der Waals surface area contributed by atoms with Gasteiger partial charge in [-0.15, -0.1) is 0 Å². The summed E-state index contributed by atoms with van der Waals surface area (Å²) >= 11 is 5.94. The van der Waals surface area contributed by atoms with E-state index >= 15 is 0 Å². The summed E-state index contributed by atoms with van der Waals surface area (Å²) in [4.78, 5) is 44.3. The van der Waals surface area contributed by atoms with Gasteiger partial charge in [0.05, 0.1) is 17.4 Å². The number of nitrogens with zero attached hydrogens (tertiary/aromatic N) is 3. The molecule has 2 aromatic carbocycles. The molecule has 0 aliphatic carbocycles. The van der Waals surface area contributed by atoms with E-state index in [0.717, 1.165) is 37.9 Å². The van der Waals surface area contributed by atoms with E-state index in [9.17, 15) is 14.4 Å². The summed E-state index contributed by atoms with van der Waals surface area (Å²) < 4.78 is 1.77. The maximum atomic E-state index is 13.0. The molecule has 4 rings (SSSR count). The number of hydrogen-bond acceptors (Lipinski definition) is 4. The molecular weight excluding hydrogens is 428 g/mol. The predicted molar refractivity (Wildman–Crippen MR) is 125 cm³/mol. The highest BCUT2D eigenvalue weighted by atomic mass is 35.5. The Morgan fingerprint density at radius 3 is 2.75 bits per heavy atom. The number of carbonyl (C=O) groups is 2. The molecule has 0 bridgehead atoms. The van der Waals surface area contributed by atoms with Gasteiger partial charge in [-0.05, 0) is 49.2 Å². The van der Waals surface area contributed by atoms with E-state index in [0.29, 0.717) is 33.7 Å². The van der Waals surface area contributed by atoms with Crippen molar-refractivity contribution in [3.05, 3.63) is 69.2 Å². The van der Waals surface area contributed by atoms with E-state index in [2.05, 4.69) is 5.32 Å². The smallest absolute Gasteiger partial charge is 0.261 e. The molecule has 0 spiro atoms. The Morgan fingerprint density at radius 2 is 1.94 bits per heavy atom. The van der Waals surface area contributed by atoms with Crippen molar-refractivity contribution in [3.8, 4) is 0 Å². The number of hydrogen-bond donors (Lipinski definition) is 1. The predicted octanol–water partition coefficient (Wildman–Crippen LogP) is 3.88. The van der Waals surface area contributed by atoms with Crippen molar-refractivity contribution in [1.29, 1.82) is 0 Å². The lowest BCUT2D eigenvalue weighted by Crippen LogP contribution is -2.35. The maximum Gasteiger partial charge on any atom is 0.261 e. The third-order valence-corrected chi connectivity index (χ3v) is 5.88. The summed E-state index contributed by atoms with van der Waals surface area (Å²) in [5.74, 6) is 0.129. The molecule has 7 nitrogen and oxygen atoms in total. The number of aryl methyl sites for hydroxylation is 1. The van der Waals surface area contributed by atoms with Crippen molar-refractivity contribution >= 4 is 40.0 Å². The Hall–Kier alpha value is -3.19. The molecule has 3 aromatic rings. The quantitative estimate of drug-likeness (QED) is 0.651. The van der Waals surface area contributed by atoms with Gasteiger partial charge in [0.1, 0.15) is 5.82 Å². The number of nitrogens with one attached hydrogen (secondary N) is 1. The van der Waals surface area contributed by atoms with Gasteiger partial charge in [-0.25, -0.2) is 4.98 Å². The van der Waals surface area contributed by atoms with E-state index < -0.39 is 0 Å². The molecule has 2 heterocycles. The van der Waals surface area contributed by atoms with Crippen molar-refractivity contribution in [2.24, 2.45) is 0 Å². The van der Waals surface area contributed by atoms with E-state index in [1.54, 1.807) is 54.1 Å². The lowest BCUT2D eigenvalue weighted by Gasteiger charge is -2.18. The topological polar surface area (TPSA) is 84.3 Å². The number of likely N-dealkylation sites (N-methyl/N-ethyl adjacent to an activating group) is 1. The molecule has 0 unspecified atom stereocenters. The molecule has 1 aliphatic heterocycles. The van der Waals surface area contributed by atoms with Crippen LogP contribution in [0.15, 0.2) is 47.3 Å². The van der Waals surface area contributed by atoms with Crippen LogP contribution in [0.25, 0.3) is 10.9 Å². The summed E-state index contributed by atoms with van der Waals surface area (Å²) in [6, 6.07) is 11.7. The fourth-order valence-electron chi connectivity index (χ4n) is 4.00. The van der Waals surface area contributed by atoms with Crippen LogP contribution in [-0.2, 0) is 17.8 Å². The minimum absolute atomic E-state index is 0.0554. The van der Waals surface area contributed by atoms with Gasteiger partial charge >= 0.3 is 0 Å². The first-order chi connectivity index (χ1) is 15.4. The molecule has 0 saturated carbocycles. The van der Waals surface area contributed by atoms with Crippen LogP contribution in [-0.4, -0.2) is 39.9 Å². The lowest BCUT2D eigenvalue weighted by molar-refractivity contribution is -0.116. The molecular formula is C24H25ClN4O3. The minimum Gasteiger partial charge on any atom is -0.332 e. The second-order valence-electron chi connectivity index (χ2n) is 8.10. The number of rotatable bonds is 4. The van der Waals surface area contributed by atoms with Crippen LogP contribution >= 0.6 is 11.6 Å². The van der Waals surface area contributed by atoms with Crippen LogP contribution in [0.1, 0.15) is 41.9 Å². The number of fused-ring (bicyclic) bond motifs is 2. The molecule has 0 radical (unpaired) electrons. The SMILES string of the molecule is CN(CC(=O)Nc1cccc(Cl)c1)C(=O)c1ccc2c(=O)n3c(nc2c1)CCCCCC3. The van der Waals surface area contributed by atoms with E-state index in [-0.39, 0.29) is 23.9 Å².